The van der Waals surface area contributed by atoms with Gasteiger partial charge in [-0.25, -0.2) is 5.01 Å². The van der Waals surface area contributed by atoms with Gasteiger partial charge in [-0.05, 0) is 11.6 Å². The molecule has 0 aliphatic rings. The van der Waals surface area contributed by atoms with Crippen LogP contribution in [-0.2, 0) is 0 Å². The van der Waals surface area contributed by atoms with Crippen LogP contribution in [0.25, 0.3) is 6.08 Å². The number of benzene rings is 1. The average Bonchev–Trinajstić information content (AvgIpc) is 2.16. The summed E-state index contributed by atoms with van der Waals surface area (Å²) < 4.78 is 0. The molecule has 0 N–H and O–H groups in total. The molecule has 0 spiro atoms. The highest BCUT2D eigenvalue weighted by atomic mass is 16.3. The minimum atomic E-state index is 1.05. The molecule has 12 heavy (non-hydrogen) atoms. The Labute approximate surface area is 71.3 Å². The predicted molar refractivity (Wildman–Crippen MR) is 49.0 cm³/mol. The van der Waals surface area contributed by atoms with E-state index in [1.54, 1.807) is 13.2 Å². The van der Waals surface area contributed by atoms with Gasteiger partial charge in [-0.2, -0.15) is 0 Å². The zero-order valence-corrected chi connectivity index (χ0v) is 6.84. The van der Waals surface area contributed by atoms with Crippen LogP contribution in [0.1, 0.15) is 5.56 Å². The van der Waals surface area contributed by atoms with Crippen LogP contribution in [-0.4, -0.2) is 12.1 Å². The topological polar surface area (TPSA) is 32.7 Å². The first-order valence-corrected chi connectivity index (χ1v) is 3.62. The Balaban J connectivity index is 2.63. The summed E-state index contributed by atoms with van der Waals surface area (Å²) in [5.74, 6) is 0. The zero-order chi connectivity index (χ0) is 8.81. The van der Waals surface area contributed by atoms with E-state index < -0.39 is 0 Å². The molecular formula is C9H10N2O. The molecule has 0 fully saturated rings. The quantitative estimate of drug-likeness (QED) is 0.504. The summed E-state index contributed by atoms with van der Waals surface area (Å²) in [5, 5.41) is 3.92. The van der Waals surface area contributed by atoms with Gasteiger partial charge in [0.25, 0.3) is 0 Å². The molecular weight excluding hydrogens is 152 g/mol. The third-order valence-corrected chi connectivity index (χ3v) is 1.41. The van der Waals surface area contributed by atoms with Gasteiger partial charge in [0.05, 0.1) is 5.29 Å². The molecule has 1 aromatic rings. The minimum absolute atomic E-state index is 1.05. The SMILES string of the molecule is CN(C=Cc1ccccc1)N=O. The van der Waals surface area contributed by atoms with Crippen molar-refractivity contribution >= 4 is 6.08 Å². The van der Waals surface area contributed by atoms with E-state index in [9.17, 15) is 4.91 Å². The first-order chi connectivity index (χ1) is 5.83. The summed E-state index contributed by atoms with van der Waals surface area (Å²) in [7, 11) is 1.59. The molecule has 0 bridgehead atoms. The summed E-state index contributed by atoms with van der Waals surface area (Å²) in [4.78, 5) is 9.95. The third-order valence-electron chi connectivity index (χ3n) is 1.41. The zero-order valence-electron chi connectivity index (χ0n) is 6.84. The van der Waals surface area contributed by atoms with Crippen molar-refractivity contribution in [2.24, 2.45) is 5.29 Å². The van der Waals surface area contributed by atoms with Crippen LogP contribution in [0.4, 0.5) is 0 Å². The number of nitrogens with zero attached hydrogens (tertiary/aromatic N) is 2. The standard InChI is InChI=1S/C9H10N2O/c1-11(10-12)8-7-9-5-3-2-4-6-9/h2-8H,1H3. The van der Waals surface area contributed by atoms with E-state index in [1.807, 2.05) is 36.4 Å². The lowest BCUT2D eigenvalue weighted by Gasteiger charge is -1.98. The van der Waals surface area contributed by atoms with Gasteiger partial charge < -0.3 is 0 Å². The van der Waals surface area contributed by atoms with Crippen LogP contribution in [0.5, 0.6) is 0 Å². The Bertz CT molecular complexity index is 269. The Hall–Kier alpha value is -1.64. The number of rotatable bonds is 3. The second-order valence-electron chi connectivity index (χ2n) is 2.38. The van der Waals surface area contributed by atoms with E-state index in [0.717, 1.165) is 5.56 Å². The van der Waals surface area contributed by atoms with Gasteiger partial charge in [0, 0.05) is 13.2 Å². The molecule has 3 heteroatoms. The number of hydrogen-bond acceptors (Lipinski definition) is 2. The molecule has 0 radical (unpaired) electrons. The van der Waals surface area contributed by atoms with Crippen molar-refractivity contribution in [2.75, 3.05) is 7.05 Å². The molecule has 0 amide bonds. The van der Waals surface area contributed by atoms with E-state index in [0.29, 0.717) is 0 Å². The average molecular weight is 162 g/mol. The highest BCUT2D eigenvalue weighted by Crippen LogP contribution is 2.01. The van der Waals surface area contributed by atoms with Crippen LogP contribution in [0.15, 0.2) is 41.8 Å². The Morgan fingerprint density at radius 1 is 1.33 bits per heavy atom. The van der Waals surface area contributed by atoms with Crippen LogP contribution >= 0.6 is 0 Å². The summed E-state index contributed by atoms with van der Waals surface area (Å²) in [6, 6.07) is 9.73. The smallest absolute Gasteiger partial charge is 0.0565 e. The fourth-order valence-electron chi connectivity index (χ4n) is 0.785. The summed E-state index contributed by atoms with van der Waals surface area (Å²) in [6.07, 6.45) is 3.43. The monoisotopic (exact) mass is 162 g/mol. The van der Waals surface area contributed by atoms with E-state index >= 15 is 0 Å². The first kappa shape index (κ1) is 8.46. The summed E-state index contributed by atoms with van der Waals surface area (Å²) in [5.41, 5.74) is 1.05. The van der Waals surface area contributed by atoms with Crippen molar-refractivity contribution < 1.29 is 0 Å². The molecule has 1 aromatic carbocycles. The molecule has 0 aliphatic carbocycles. The van der Waals surface area contributed by atoms with Gasteiger partial charge in [0.15, 0.2) is 0 Å². The maximum atomic E-state index is 9.95. The van der Waals surface area contributed by atoms with E-state index in [2.05, 4.69) is 5.29 Å². The van der Waals surface area contributed by atoms with Crippen molar-refractivity contribution in [1.29, 1.82) is 0 Å². The van der Waals surface area contributed by atoms with E-state index in [-0.39, 0.29) is 0 Å². The van der Waals surface area contributed by atoms with Crippen LogP contribution < -0.4 is 0 Å². The van der Waals surface area contributed by atoms with Crippen molar-refractivity contribution in [3.8, 4) is 0 Å². The molecule has 0 aromatic heterocycles. The summed E-state index contributed by atoms with van der Waals surface area (Å²) in [6.45, 7) is 0. The Kier molecular flexibility index (Phi) is 3.02. The Morgan fingerprint density at radius 3 is 2.58 bits per heavy atom. The summed E-state index contributed by atoms with van der Waals surface area (Å²) >= 11 is 0. The maximum absolute atomic E-state index is 9.95. The van der Waals surface area contributed by atoms with Crippen molar-refractivity contribution in [3.05, 3.63) is 47.0 Å². The van der Waals surface area contributed by atoms with Gasteiger partial charge in [0.1, 0.15) is 0 Å². The van der Waals surface area contributed by atoms with E-state index in [4.69, 9.17) is 0 Å². The highest BCUT2D eigenvalue weighted by Gasteiger charge is 1.85. The third kappa shape index (κ3) is 2.54. The number of nitroso groups, excluding NO2 is 1. The molecule has 62 valence electrons. The molecule has 3 nitrogen and oxygen atoms in total. The van der Waals surface area contributed by atoms with Crippen molar-refractivity contribution in [2.45, 2.75) is 0 Å². The van der Waals surface area contributed by atoms with Gasteiger partial charge >= 0.3 is 0 Å². The van der Waals surface area contributed by atoms with Crippen LogP contribution in [0, 0.1) is 4.91 Å². The molecule has 0 atom stereocenters. The maximum Gasteiger partial charge on any atom is 0.0565 e. The van der Waals surface area contributed by atoms with E-state index in [1.165, 1.54) is 5.01 Å². The molecule has 1 rings (SSSR count). The number of hydrogen-bond donors (Lipinski definition) is 0. The van der Waals surface area contributed by atoms with Gasteiger partial charge in [-0.15, -0.1) is 4.91 Å². The lowest BCUT2D eigenvalue weighted by atomic mass is 10.2. The lowest BCUT2D eigenvalue weighted by molar-refractivity contribution is 0.486. The van der Waals surface area contributed by atoms with Crippen LogP contribution in [0.2, 0.25) is 0 Å². The predicted octanol–water partition coefficient (Wildman–Crippen LogP) is 2.27. The molecule has 0 aliphatic heterocycles. The van der Waals surface area contributed by atoms with Crippen LogP contribution in [0.3, 0.4) is 0 Å². The fraction of sp³-hybridized carbons (Fsp3) is 0.111. The Morgan fingerprint density at radius 2 is 2.00 bits per heavy atom. The van der Waals surface area contributed by atoms with Crippen molar-refractivity contribution in [3.63, 3.8) is 0 Å². The fourth-order valence-corrected chi connectivity index (χ4v) is 0.785. The molecule has 0 unspecified atom stereocenters. The van der Waals surface area contributed by atoms with Gasteiger partial charge in [-0.3, -0.25) is 0 Å². The molecule has 0 heterocycles. The lowest BCUT2D eigenvalue weighted by Crippen LogP contribution is -1.97. The second-order valence-corrected chi connectivity index (χ2v) is 2.38. The largest absolute Gasteiger partial charge is 0.240 e. The van der Waals surface area contributed by atoms with Gasteiger partial charge in [-0.1, -0.05) is 30.3 Å². The second kappa shape index (κ2) is 4.28. The minimum Gasteiger partial charge on any atom is -0.240 e. The first-order valence-electron chi connectivity index (χ1n) is 3.62. The highest BCUT2D eigenvalue weighted by molar-refractivity contribution is 5.48. The normalized spacial score (nSPS) is 10.1. The molecule has 0 saturated carbocycles. The van der Waals surface area contributed by atoms with Gasteiger partial charge in [0.2, 0.25) is 0 Å². The molecule has 0 saturated heterocycles. The van der Waals surface area contributed by atoms with Crippen molar-refractivity contribution in [1.82, 2.24) is 5.01 Å².